The first-order valence-corrected chi connectivity index (χ1v) is 25.5. The lowest BCUT2D eigenvalue weighted by Gasteiger charge is -2.18. The van der Waals surface area contributed by atoms with Crippen molar-refractivity contribution >= 4 is 17.9 Å². The van der Waals surface area contributed by atoms with E-state index in [1.54, 1.807) is 0 Å². The molecule has 338 valence electrons. The van der Waals surface area contributed by atoms with Gasteiger partial charge >= 0.3 is 17.9 Å². The molecule has 0 aliphatic heterocycles. The number of esters is 3. The van der Waals surface area contributed by atoms with Gasteiger partial charge in [0.2, 0.25) is 0 Å². The summed E-state index contributed by atoms with van der Waals surface area (Å²) in [6.45, 7) is 6.67. The van der Waals surface area contributed by atoms with Crippen LogP contribution in [0.5, 0.6) is 0 Å². The molecular weight excluding hydrogens is 709 g/mol. The highest BCUT2D eigenvalue weighted by Gasteiger charge is 2.19. The van der Waals surface area contributed by atoms with Crippen molar-refractivity contribution in [3.05, 3.63) is 0 Å². The van der Waals surface area contributed by atoms with Crippen LogP contribution in [0, 0.1) is 0 Å². The van der Waals surface area contributed by atoms with Crippen LogP contribution >= 0.6 is 0 Å². The van der Waals surface area contributed by atoms with Crippen LogP contribution in [-0.2, 0) is 28.6 Å². The van der Waals surface area contributed by atoms with Crippen LogP contribution < -0.4 is 0 Å². The van der Waals surface area contributed by atoms with Crippen LogP contribution in [0.15, 0.2) is 0 Å². The molecule has 0 rings (SSSR count). The van der Waals surface area contributed by atoms with Gasteiger partial charge in [0.1, 0.15) is 13.2 Å². The minimum absolute atomic E-state index is 0.0619. The maximum absolute atomic E-state index is 12.8. The summed E-state index contributed by atoms with van der Waals surface area (Å²) in [6.07, 6.45) is 49.3. The molecule has 0 N–H and O–H groups in total. The summed E-state index contributed by atoms with van der Waals surface area (Å²) in [5.41, 5.74) is 0. The van der Waals surface area contributed by atoms with Crippen LogP contribution in [-0.4, -0.2) is 37.2 Å². The first-order valence-electron chi connectivity index (χ1n) is 25.5. The van der Waals surface area contributed by atoms with Gasteiger partial charge in [0.05, 0.1) is 0 Å². The number of carbonyl (C=O) groups is 3. The third kappa shape index (κ3) is 45.3. The van der Waals surface area contributed by atoms with Crippen LogP contribution in [0.3, 0.4) is 0 Å². The maximum Gasteiger partial charge on any atom is 0.306 e. The first kappa shape index (κ1) is 55.4. The van der Waals surface area contributed by atoms with E-state index in [9.17, 15) is 14.4 Å². The van der Waals surface area contributed by atoms with Crippen molar-refractivity contribution in [3.63, 3.8) is 0 Å². The Labute approximate surface area is 355 Å². The second kappa shape index (κ2) is 47.1. The molecule has 1 unspecified atom stereocenters. The number of hydrogen-bond donors (Lipinski definition) is 0. The molecule has 0 heterocycles. The molecule has 57 heavy (non-hydrogen) atoms. The van der Waals surface area contributed by atoms with Crippen LogP contribution in [0.2, 0.25) is 0 Å². The fourth-order valence-corrected chi connectivity index (χ4v) is 7.74. The first-order chi connectivity index (χ1) is 28.0. The van der Waals surface area contributed by atoms with E-state index in [0.29, 0.717) is 19.3 Å². The second-order valence-electron chi connectivity index (χ2n) is 17.5. The molecule has 0 fully saturated rings. The Morgan fingerprint density at radius 1 is 0.281 bits per heavy atom. The lowest BCUT2D eigenvalue weighted by atomic mass is 10.0. The summed E-state index contributed by atoms with van der Waals surface area (Å²) < 4.78 is 16.8. The predicted octanol–water partition coefficient (Wildman–Crippen LogP) is 16.4. The van der Waals surface area contributed by atoms with Gasteiger partial charge in [0.15, 0.2) is 6.10 Å². The molecule has 0 spiro atoms. The zero-order valence-corrected chi connectivity index (χ0v) is 38.6. The molecule has 0 bridgehead atoms. The Bertz CT molecular complexity index is 844. The standard InChI is InChI=1S/C51H98O6/c1-4-7-10-13-16-19-22-24-26-29-32-35-38-41-44-50(53)56-47-48(46-55-49(52)43-40-37-34-31-28-21-18-15-12-9-6-3)57-51(54)45-42-39-36-33-30-27-25-23-20-17-14-11-8-5-2/h48H,4-47H2,1-3H3. The van der Waals surface area contributed by atoms with Gasteiger partial charge in [-0.1, -0.05) is 252 Å². The highest BCUT2D eigenvalue weighted by molar-refractivity contribution is 5.71. The smallest absolute Gasteiger partial charge is 0.306 e. The number of carbonyl (C=O) groups excluding carboxylic acids is 3. The predicted molar refractivity (Wildman–Crippen MR) is 243 cm³/mol. The van der Waals surface area contributed by atoms with Gasteiger partial charge in [-0.25, -0.2) is 0 Å². The number of ether oxygens (including phenoxy) is 3. The minimum Gasteiger partial charge on any atom is -0.462 e. The maximum atomic E-state index is 12.8. The number of rotatable bonds is 47. The Balaban J connectivity index is 4.30. The van der Waals surface area contributed by atoms with E-state index >= 15 is 0 Å². The number of hydrogen-bond acceptors (Lipinski definition) is 6. The normalized spacial score (nSPS) is 11.8. The van der Waals surface area contributed by atoms with Gasteiger partial charge in [0.25, 0.3) is 0 Å². The van der Waals surface area contributed by atoms with E-state index in [-0.39, 0.29) is 31.1 Å². The highest BCUT2D eigenvalue weighted by atomic mass is 16.6. The molecule has 0 saturated carbocycles. The van der Waals surface area contributed by atoms with Gasteiger partial charge in [0, 0.05) is 19.3 Å². The van der Waals surface area contributed by atoms with E-state index in [1.807, 2.05) is 0 Å². The third-order valence-electron chi connectivity index (χ3n) is 11.6. The van der Waals surface area contributed by atoms with E-state index < -0.39 is 6.10 Å². The van der Waals surface area contributed by atoms with Crippen LogP contribution in [0.4, 0.5) is 0 Å². The largest absolute Gasteiger partial charge is 0.462 e. The Morgan fingerprint density at radius 3 is 0.702 bits per heavy atom. The average molecular weight is 807 g/mol. The molecule has 1 atom stereocenters. The summed E-state index contributed by atoms with van der Waals surface area (Å²) >= 11 is 0. The van der Waals surface area contributed by atoms with Crippen molar-refractivity contribution in [1.82, 2.24) is 0 Å². The van der Waals surface area contributed by atoms with Gasteiger partial charge < -0.3 is 14.2 Å². The van der Waals surface area contributed by atoms with E-state index in [2.05, 4.69) is 20.8 Å². The molecule has 0 aromatic carbocycles. The molecule has 0 aliphatic carbocycles. The lowest BCUT2D eigenvalue weighted by molar-refractivity contribution is -0.167. The molecular formula is C51H98O6. The molecule has 0 saturated heterocycles. The monoisotopic (exact) mass is 807 g/mol. The fourth-order valence-electron chi connectivity index (χ4n) is 7.74. The SMILES string of the molecule is CCCCCCCCCCCCCCCCC(=O)OCC(COC(=O)CCCCCCCCCCCCC)OC(=O)CCCCCCCCCCCCCCCC. The molecule has 6 nitrogen and oxygen atoms in total. The quantitative estimate of drug-likeness (QED) is 0.0346. The van der Waals surface area contributed by atoms with Gasteiger partial charge in [-0.15, -0.1) is 0 Å². The molecule has 0 aliphatic rings. The van der Waals surface area contributed by atoms with Crippen LogP contribution in [0.25, 0.3) is 0 Å². The molecule has 6 heteroatoms. The fraction of sp³-hybridized carbons (Fsp3) is 0.941. The third-order valence-corrected chi connectivity index (χ3v) is 11.6. The molecule has 0 amide bonds. The second-order valence-corrected chi connectivity index (χ2v) is 17.5. The van der Waals surface area contributed by atoms with Crippen molar-refractivity contribution in [1.29, 1.82) is 0 Å². The van der Waals surface area contributed by atoms with Crippen LogP contribution in [0.1, 0.15) is 290 Å². The van der Waals surface area contributed by atoms with Crippen molar-refractivity contribution in [2.45, 2.75) is 297 Å². The van der Waals surface area contributed by atoms with E-state index in [1.165, 1.54) is 193 Å². The summed E-state index contributed by atoms with van der Waals surface area (Å²) in [7, 11) is 0. The Morgan fingerprint density at radius 2 is 0.474 bits per heavy atom. The Kier molecular flexibility index (Phi) is 45.8. The lowest BCUT2D eigenvalue weighted by Crippen LogP contribution is -2.30. The van der Waals surface area contributed by atoms with Crippen molar-refractivity contribution < 1.29 is 28.6 Å². The number of unbranched alkanes of at least 4 members (excludes halogenated alkanes) is 36. The van der Waals surface area contributed by atoms with Crippen molar-refractivity contribution in [2.24, 2.45) is 0 Å². The van der Waals surface area contributed by atoms with Gasteiger partial charge in [-0.3, -0.25) is 14.4 Å². The zero-order valence-electron chi connectivity index (χ0n) is 38.6. The van der Waals surface area contributed by atoms with E-state index in [4.69, 9.17) is 14.2 Å². The molecule has 0 aromatic rings. The molecule has 0 aromatic heterocycles. The minimum atomic E-state index is -0.759. The van der Waals surface area contributed by atoms with Crippen molar-refractivity contribution in [3.8, 4) is 0 Å². The zero-order chi connectivity index (χ0) is 41.5. The topological polar surface area (TPSA) is 78.9 Å². The van der Waals surface area contributed by atoms with Gasteiger partial charge in [-0.2, -0.15) is 0 Å². The van der Waals surface area contributed by atoms with Crippen molar-refractivity contribution in [2.75, 3.05) is 13.2 Å². The summed E-state index contributed by atoms with van der Waals surface area (Å²) in [5, 5.41) is 0. The van der Waals surface area contributed by atoms with Gasteiger partial charge in [-0.05, 0) is 19.3 Å². The summed E-state index contributed by atoms with van der Waals surface area (Å²) in [4.78, 5) is 37.9. The highest BCUT2D eigenvalue weighted by Crippen LogP contribution is 2.17. The summed E-state index contributed by atoms with van der Waals surface area (Å²) in [5.74, 6) is -0.842. The Hall–Kier alpha value is -1.59. The molecule has 0 radical (unpaired) electrons. The summed E-state index contributed by atoms with van der Waals surface area (Å²) in [6, 6.07) is 0. The average Bonchev–Trinajstić information content (AvgIpc) is 3.21. The van der Waals surface area contributed by atoms with E-state index in [0.717, 1.165) is 57.8 Å².